The number of benzene rings is 2. The van der Waals surface area contributed by atoms with Gasteiger partial charge in [0.25, 0.3) is 0 Å². The van der Waals surface area contributed by atoms with Gasteiger partial charge in [0.1, 0.15) is 0 Å². The fourth-order valence-corrected chi connectivity index (χ4v) is 2.89. The number of rotatable bonds is 4. The van der Waals surface area contributed by atoms with Gasteiger partial charge in [-0.25, -0.2) is 9.59 Å². The van der Waals surface area contributed by atoms with Crippen molar-refractivity contribution in [1.29, 1.82) is 0 Å². The van der Waals surface area contributed by atoms with Crippen LogP contribution in [-0.2, 0) is 14.3 Å². The molecule has 2 aromatic carbocycles. The maximum absolute atomic E-state index is 12.6. The molecule has 0 spiro atoms. The zero-order valence-electron chi connectivity index (χ0n) is 15.9. The van der Waals surface area contributed by atoms with Gasteiger partial charge in [0.2, 0.25) is 0 Å². The minimum absolute atomic E-state index is 0.0392. The SMILES string of the molecule is CN1CCC(OC(=O)c2cc(O)c(O)c(O)c2)(OC(=O)c2cc(O)c(O)c(O)c2)C1=O. The molecule has 1 aliphatic heterocycles. The summed E-state index contributed by atoms with van der Waals surface area (Å²) in [5, 5.41) is 57.1. The quantitative estimate of drug-likeness (QED) is 0.222. The lowest BCUT2D eigenvalue weighted by atomic mass is 10.1. The van der Waals surface area contributed by atoms with E-state index in [2.05, 4.69) is 0 Å². The summed E-state index contributed by atoms with van der Waals surface area (Å²) in [6, 6.07) is 3.08. The number of carbonyl (C=O) groups excluding carboxylic acids is 3. The number of phenolic OH excluding ortho intramolecular Hbond substituents is 6. The summed E-state index contributed by atoms with van der Waals surface area (Å²) in [6.07, 6.45) is -0.272. The highest BCUT2D eigenvalue weighted by Gasteiger charge is 2.53. The van der Waals surface area contributed by atoms with E-state index in [0.717, 1.165) is 29.2 Å². The van der Waals surface area contributed by atoms with E-state index in [1.165, 1.54) is 7.05 Å². The molecule has 1 aliphatic rings. The van der Waals surface area contributed by atoms with Crippen molar-refractivity contribution < 1.29 is 54.5 Å². The topological polar surface area (TPSA) is 194 Å². The van der Waals surface area contributed by atoms with E-state index in [1.807, 2.05) is 0 Å². The molecule has 31 heavy (non-hydrogen) atoms. The van der Waals surface area contributed by atoms with Crippen molar-refractivity contribution >= 4 is 17.8 Å². The third-order valence-corrected chi connectivity index (χ3v) is 4.57. The molecule has 12 heteroatoms. The lowest BCUT2D eigenvalue weighted by Crippen LogP contribution is -2.47. The molecule has 0 atom stereocenters. The first-order valence-corrected chi connectivity index (χ1v) is 8.67. The average molecular weight is 435 g/mol. The standard InChI is InChI=1S/C19H17NO11/c1-20-3-2-19(18(20)29,30-16(27)8-4-10(21)14(25)11(22)5-8)31-17(28)9-6-12(23)15(26)13(24)7-9/h4-7,21-26H,2-3H2,1H3. The van der Waals surface area contributed by atoms with Crippen LogP contribution in [0.25, 0.3) is 0 Å². The Morgan fingerprint density at radius 3 is 1.45 bits per heavy atom. The van der Waals surface area contributed by atoms with Gasteiger partial charge in [-0.2, -0.15) is 0 Å². The van der Waals surface area contributed by atoms with E-state index in [1.54, 1.807) is 0 Å². The minimum atomic E-state index is -2.42. The summed E-state index contributed by atoms with van der Waals surface area (Å²) in [5.74, 6) is -10.9. The predicted octanol–water partition coefficient (Wildman–Crippen LogP) is 0.492. The second kappa shape index (κ2) is 7.48. The molecule has 0 saturated carbocycles. The zero-order valence-corrected chi connectivity index (χ0v) is 15.9. The van der Waals surface area contributed by atoms with E-state index in [4.69, 9.17) is 9.47 Å². The van der Waals surface area contributed by atoms with Gasteiger partial charge in [-0.3, -0.25) is 4.79 Å². The molecular weight excluding hydrogens is 418 g/mol. The highest BCUT2D eigenvalue weighted by molar-refractivity contribution is 5.98. The minimum Gasteiger partial charge on any atom is -0.504 e. The summed E-state index contributed by atoms with van der Waals surface area (Å²) in [5.41, 5.74) is -0.906. The summed E-state index contributed by atoms with van der Waals surface area (Å²) >= 11 is 0. The molecule has 164 valence electrons. The summed E-state index contributed by atoms with van der Waals surface area (Å²) < 4.78 is 10.3. The molecular formula is C19H17NO11. The third-order valence-electron chi connectivity index (χ3n) is 4.57. The Morgan fingerprint density at radius 1 is 0.806 bits per heavy atom. The molecule has 2 aromatic rings. The first-order valence-electron chi connectivity index (χ1n) is 8.67. The van der Waals surface area contributed by atoms with Crippen LogP contribution in [0.3, 0.4) is 0 Å². The molecule has 3 rings (SSSR count). The van der Waals surface area contributed by atoms with E-state index >= 15 is 0 Å². The van der Waals surface area contributed by atoms with Crippen LogP contribution < -0.4 is 0 Å². The summed E-state index contributed by atoms with van der Waals surface area (Å²) in [7, 11) is 1.36. The molecule has 1 heterocycles. The van der Waals surface area contributed by atoms with E-state index < -0.39 is 69.3 Å². The van der Waals surface area contributed by atoms with Crippen molar-refractivity contribution in [2.75, 3.05) is 13.6 Å². The van der Waals surface area contributed by atoms with Gasteiger partial charge in [-0.05, 0) is 24.3 Å². The van der Waals surface area contributed by atoms with Crippen molar-refractivity contribution in [3.05, 3.63) is 35.4 Å². The number of likely N-dealkylation sites (tertiary alicyclic amines) is 1. The monoisotopic (exact) mass is 435 g/mol. The number of likely N-dealkylation sites (N-methyl/N-ethyl adjacent to an activating group) is 1. The van der Waals surface area contributed by atoms with Gasteiger partial charge in [-0.1, -0.05) is 0 Å². The van der Waals surface area contributed by atoms with Crippen LogP contribution in [-0.4, -0.2) is 72.8 Å². The molecule has 6 N–H and O–H groups in total. The van der Waals surface area contributed by atoms with Gasteiger partial charge < -0.3 is 45.0 Å². The number of esters is 2. The second-order valence-electron chi connectivity index (χ2n) is 6.73. The number of ether oxygens (including phenoxy) is 2. The molecule has 12 nitrogen and oxygen atoms in total. The van der Waals surface area contributed by atoms with Gasteiger partial charge >= 0.3 is 23.6 Å². The Balaban J connectivity index is 1.93. The van der Waals surface area contributed by atoms with Crippen LogP contribution in [0.2, 0.25) is 0 Å². The van der Waals surface area contributed by atoms with Crippen LogP contribution >= 0.6 is 0 Å². The number of hydrogen-bond acceptors (Lipinski definition) is 11. The molecule has 0 radical (unpaired) electrons. The number of phenols is 6. The largest absolute Gasteiger partial charge is 0.504 e. The Labute approximate surface area is 173 Å². The first kappa shape index (κ1) is 21.4. The van der Waals surface area contributed by atoms with Crippen molar-refractivity contribution in [2.45, 2.75) is 12.2 Å². The number of amides is 1. The Bertz CT molecular complexity index is 977. The van der Waals surface area contributed by atoms with Gasteiger partial charge in [0.05, 0.1) is 17.5 Å². The maximum atomic E-state index is 12.6. The molecule has 0 bridgehead atoms. The van der Waals surface area contributed by atoms with Crippen LogP contribution in [0.5, 0.6) is 34.5 Å². The second-order valence-corrected chi connectivity index (χ2v) is 6.73. The van der Waals surface area contributed by atoms with E-state index in [-0.39, 0.29) is 13.0 Å². The number of carbonyl (C=O) groups is 3. The molecule has 0 aliphatic carbocycles. The molecule has 1 saturated heterocycles. The fraction of sp³-hybridized carbons (Fsp3) is 0.211. The van der Waals surface area contributed by atoms with Gasteiger partial charge in [-0.15, -0.1) is 0 Å². The lowest BCUT2D eigenvalue weighted by molar-refractivity contribution is -0.184. The summed E-state index contributed by atoms with van der Waals surface area (Å²) in [6.45, 7) is 0.0392. The van der Waals surface area contributed by atoms with Crippen molar-refractivity contribution in [2.24, 2.45) is 0 Å². The van der Waals surface area contributed by atoms with Gasteiger partial charge in [0, 0.05) is 13.6 Å². The number of hydrogen-bond donors (Lipinski definition) is 6. The van der Waals surface area contributed by atoms with Gasteiger partial charge in [0.15, 0.2) is 34.5 Å². The van der Waals surface area contributed by atoms with Crippen molar-refractivity contribution in [1.82, 2.24) is 4.90 Å². The van der Waals surface area contributed by atoms with Crippen LogP contribution in [0.15, 0.2) is 24.3 Å². The normalized spacial score (nSPS) is 15.0. The van der Waals surface area contributed by atoms with Crippen molar-refractivity contribution in [3.63, 3.8) is 0 Å². The van der Waals surface area contributed by atoms with Crippen LogP contribution in [0.1, 0.15) is 27.1 Å². The Kier molecular flexibility index (Phi) is 5.15. The maximum Gasteiger partial charge on any atom is 0.342 e. The average Bonchev–Trinajstić information content (AvgIpc) is 2.97. The highest BCUT2D eigenvalue weighted by Crippen LogP contribution is 2.38. The molecule has 0 unspecified atom stereocenters. The molecule has 0 aromatic heterocycles. The Morgan fingerprint density at radius 2 is 1.16 bits per heavy atom. The zero-order chi connectivity index (χ0) is 23.1. The smallest absolute Gasteiger partial charge is 0.342 e. The predicted molar refractivity (Wildman–Crippen MR) is 98.7 cm³/mol. The van der Waals surface area contributed by atoms with E-state index in [0.29, 0.717) is 0 Å². The molecule has 1 fully saturated rings. The summed E-state index contributed by atoms with van der Waals surface area (Å²) in [4.78, 5) is 38.8. The molecule has 1 amide bonds. The van der Waals surface area contributed by atoms with Crippen molar-refractivity contribution in [3.8, 4) is 34.5 Å². The van der Waals surface area contributed by atoms with Crippen LogP contribution in [0, 0.1) is 0 Å². The number of nitrogens with zero attached hydrogens (tertiary/aromatic N) is 1. The number of aromatic hydroxyl groups is 6. The third kappa shape index (κ3) is 3.77. The fourth-order valence-electron chi connectivity index (χ4n) is 2.89. The van der Waals surface area contributed by atoms with E-state index in [9.17, 15) is 45.0 Å². The first-order chi connectivity index (χ1) is 14.4. The van der Waals surface area contributed by atoms with Crippen LogP contribution in [0.4, 0.5) is 0 Å². The Hall–Kier alpha value is -4.35. The highest BCUT2D eigenvalue weighted by atomic mass is 16.7. The lowest BCUT2D eigenvalue weighted by Gasteiger charge is -2.27.